The topological polar surface area (TPSA) is 44.0 Å². The molecule has 0 unspecified atom stereocenters. The number of carbonyl (C=O) groups excluding carboxylic acids is 1. The van der Waals surface area contributed by atoms with Crippen LogP contribution in [0.5, 0.6) is 0 Å². The van der Waals surface area contributed by atoms with Crippen LogP contribution in [0.1, 0.15) is 11.1 Å². The molecule has 0 spiro atoms. The zero-order valence-corrected chi connectivity index (χ0v) is 6.36. The highest BCUT2D eigenvalue weighted by atomic mass is 16.5. The molecule has 12 heavy (non-hydrogen) atoms. The largest absolute Gasteiger partial charge is 0.619 e. The van der Waals surface area contributed by atoms with E-state index < -0.39 is 0 Å². The van der Waals surface area contributed by atoms with Gasteiger partial charge in [-0.2, -0.15) is 4.73 Å². The number of carbonyl (C=O) groups is 1. The van der Waals surface area contributed by atoms with E-state index in [2.05, 4.69) is 0 Å². The fourth-order valence-electron chi connectivity index (χ4n) is 1.27. The first-order chi connectivity index (χ1) is 5.75. The minimum absolute atomic E-state index is 0.0497. The Balaban J connectivity index is 2.54. The van der Waals surface area contributed by atoms with Crippen LogP contribution in [0.4, 0.5) is 0 Å². The number of aromatic nitrogens is 1. The van der Waals surface area contributed by atoms with E-state index in [1.54, 1.807) is 12.1 Å². The lowest BCUT2D eigenvalue weighted by Gasteiger charge is -2.07. The summed E-state index contributed by atoms with van der Waals surface area (Å²) in [7, 11) is 0. The molecule has 1 heterocycles. The molecule has 0 atom stereocenters. The van der Waals surface area contributed by atoms with Gasteiger partial charge in [0.1, 0.15) is 0 Å². The Morgan fingerprint density at radius 3 is 3.08 bits per heavy atom. The molecular weight excluding hydrogens is 154 g/mol. The van der Waals surface area contributed by atoms with Crippen molar-refractivity contribution >= 4 is 11.9 Å². The van der Waals surface area contributed by atoms with Gasteiger partial charge in [-0.05, 0) is 11.6 Å². The van der Waals surface area contributed by atoms with Gasteiger partial charge in [-0.1, -0.05) is 6.08 Å². The number of hydrogen-bond donors (Lipinski definition) is 0. The molecule has 1 aliphatic carbocycles. The maximum Gasteiger partial charge on any atom is 0.184 e. The second-order valence-electron chi connectivity index (χ2n) is 2.76. The van der Waals surface area contributed by atoms with Crippen LogP contribution in [0, 0.1) is 5.21 Å². The molecule has 0 radical (unpaired) electrons. The van der Waals surface area contributed by atoms with E-state index in [1.807, 2.05) is 0 Å². The zero-order valence-electron chi connectivity index (χ0n) is 6.36. The Labute approximate surface area is 69.5 Å². The third kappa shape index (κ3) is 1.09. The van der Waals surface area contributed by atoms with Crippen molar-refractivity contribution in [3.05, 3.63) is 40.9 Å². The minimum Gasteiger partial charge on any atom is -0.619 e. The number of ketones is 1. The maximum atomic E-state index is 10.9. The number of hydrogen-bond acceptors (Lipinski definition) is 2. The molecule has 3 heteroatoms. The molecule has 0 saturated heterocycles. The highest BCUT2D eigenvalue weighted by Gasteiger charge is 2.12. The summed E-state index contributed by atoms with van der Waals surface area (Å²) < 4.78 is 0.714. The molecule has 0 aromatic carbocycles. The van der Waals surface area contributed by atoms with Gasteiger partial charge in [0.25, 0.3) is 0 Å². The summed E-state index contributed by atoms with van der Waals surface area (Å²) in [5, 5.41) is 10.8. The summed E-state index contributed by atoms with van der Waals surface area (Å²) in [5.74, 6) is 0.0497. The first kappa shape index (κ1) is 7.03. The molecule has 2 rings (SSSR count). The predicted molar refractivity (Wildman–Crippen MR) is 43.1 cm³/mol. The third-order valence-corrected chi connectivity index (χ3v) is 1.87. The van der Waals surface area contributed by atoms with Crippen molar-refractivity contribution in [1.29, 1.82) is 0 Å². The van der Waals surface area contributed by atoms with E-state index in [9.17, 15) is 10.0 Å². The fourth-order valence-corrected chi connectivity index (χ4v) is 1.27. The average Bonchev–Trinajstić information content (AvgIpc) is 2.03. The molecule has 0 saturated carbocycles. The van der Waals surface area contributed by atoms with Crippen LogP contribution in [0.25, 0.3) is 6.08 Å². The van der Waals surface area contributed by atoms with Crippen LogP contribution >= 0.6 is 0 Å². The standard InChI is InChI=1S/C9H7NO2/c11-9-2-1-7-3-4-10(12)6-8(7)5-9/h1-4,6H,5H2. The molecule has 1 aromatic rings. The van der Waals surface area contributed by atoms with Crippen LogP contribution in [0.2, 0.25) is 0 Å². The van der Waals surface area contributed by atoms with Crippen LogP contribution < -0.4 is 4.73 Å². The SMILES string of the molecule is O=C1C=Cc2cc[n+]([O-])cc2C1. The van der Waals surface area contributed by atoms with Gasteiger partial charge in [0.05, 0.1) is 0 Å². The van der Waals surface area contributed by atoms with Gasteiger partial charge in [-0.15, -0.1) is 0 Å². The van der Waals surface area contributed by atoms with Gasteiger partial charge in [0.15, 0.2) is 18.2 Å². The molecule has 0 amide bonds. The van der Waals surface area contributed by atoms with Gasteiger partial charge in [0, 0.05) is 18.1 Å². The van der Waals surface area contributed by atoms with Crippen LogP contribution in [0.3, 0.4) is 0 Å². The Bertz CT molecular complexity index is 369. The molecule has 0 N–H and O–H groups in total. The third-order valence-electron chi connectivity index (χ3n) is 1.87. The molecule has 3 nitrogen and oxygen atoms in total. The molecule has 60 valence electrons. The summed E-state index contributed by atoms with van der Waals surface area (Å²) in [4.78, 5) is 10.9. The molecule has 1 aliphatic rings. The van der Waals surface area contributed by atoms with Gasteiger partial charge < -0.3 is 5.21 Å². The van der Waals surface area contributed by atoms with Crippen molar-refractivity contribution in [1.82, 2.24) is 0 Å². The Morgan fingerprint density at radius 1 is 1.42 bits per heavy atom. The fraction of sp³-hybridized carbons (Fsp3) is 0.111. The van der Waals surface area contributed by atoms with Gasteiger partial charge >= 0.3 is 0 Å². The van der Waals surface area contributed by atoms with E-state index >= 15 is 0 Å². The summed E-state index contributed by atoms with van der Waals surface area (Å²) >= 11 is 0. The van der Waals surface area contributed by atoms with E-state index in [-0.39, 0.29) is 5.78 Å². The number of nitrogens with zero attached hydrogens (tertiary/aromatic N) is 1. The van der Waals surface area contributed by atoms with Gasteiger partial charge in [-0.25, -0.2) is 0 Å². The lowest BCUT2D eigenvalue weighted by molar-refractivity contribution is -0.605. The van der Waals surface area contributed by atoms with E-state index in [0.29, 0.717) is 11.2 Å². The van der Waals surface area contributed by atoms with E-state index in [1.165, 1.54) is 18.5 Å². The Kier molecular flexibility index (Phi) is 1.43. The van der Waals surface area contributed by atoms with Gasteiger partial charge in [-0.3, -0.25) is 4.79 Å². The summed E-state index contributed by atoms with van der Waals surface area (Å²) in [6.07, 6.45) is 6.49. The van der Waals surface area contributed by atoms with Crippen molar-refractivity contribution in [2.45, 2.75) is 6.42 Å². The van der Waals surface area contributed by atoms with Crippen molar-refractivity contribution in [3.63, 3.8) is 0 Å². The highest BCUT2D eigenvalue weighted by Crippen LogP contribution is 2.14. The lowest BCUT2D eigenvalue weighted by atomic mass is 9.99. The monoisotopic (exact) mass is 161 g/mol. The van der Waals surface area contributed by atoms with Crippen molar-refractivity contribution in [2.75, 3.05) is 0 Å². The average molecular weight is 161 g/mol. The predicted octanol–water partition coefficient (Wildman–Crippen LogP) is 0.458. The summed E-state index contributed by atoms with van der Waals surface area (Å²) in [5.41, 5.74) is 1.77. The summed E-state index contributed by atoms with van der Waals surface area (Å²) in [6.45, 7) is 0. The quantitative estimate of drug-likeness (QED) is 0.410. The normalized spacial score (nSPS) is 14.5. The second kappa shape index (κ2) is 2.44. The number of rotatable bonds is 0. The smallest absolute Gasteiger partial charge is 0.184 e. The molecule has 0 aliphatic heterocycles. The zero-order chi connectivity index (χ0) is 8.55. The van der Waals surface area contributed by atoms with Crippen LogP contribution in [-0.4, -0.2) is 5.78 Å². The van der Waals surface area contributed by atoms with Crippen LogP contribution in [-0.2, 0) is 11.2 Å². The Morgan fingerprint density at radius 2 is 2.25 bits per heavy atom. The molecule has 0 bridgehead atoms. The number of allylic oxidation sites excluding steroid dienone is 1. The van der Waals surface area contributed by atoms with E-state index in [0.717, 1.165) is 11.1 Å². The highest BCUT2D eigenvalue weighted by molar-refractivity contribution is 5.98. The molecular formula is C9H7NO2. The first-order valence-corrected chi connectivity index (χ1v) is 3.68. The maximum absolute atomic E-state index is 10.9. The summed E-state index contributed by atoms with van der Waals surface area (Å²) in [6, 6.07) is 1.71. The molecule has 0 fully saturated rings. The van der Waals surface area contributed by atoms with Gasteiger partial charge in [0.2, 0.25) is 0 Å². The van der Waals surface area contributed by atoms with E-state index in [4.69, 9.17) is 0 Å². The second-order valence-corrected chi connectivity index (χ2v) is 2.76. The van der Waals surface area contributed by atoms with Crippen LogP contribution in [0.15, 0.2) is 24.5 Å². The molecule has 1 aromatic heterocycles. The van der Waals surface area contributed by atoms with Crippen molar-refractivity contribution in [3.8, 4) is 0 Å². The van der Waals surface area contributed by atoms with Crippen molar-refractivity contribution < 1.29 is 9.52 Å². The Hall–Kier alpha value is -1.64. The lowest BCUT2D eigenvalue weighted by Crippen LogP contribution is -2.26. The number of fused-ring (bicyclic) bond motifs is 1. The number of pyridine rings is 1. The minimum atomic E-state index is 0.0497. The van der Waals surface area contributed by atoms with Crippen molar-refractivity contribution in [2.24, 2.45) is 0 Å². The first-order valence-electron chi connectivity index (χ1n) is 3.68.